The molecule has 2 fully saturated rings. The van der Waals surface area contributed by atoms with Gasteiger partial charge in [-0.25, -0.2) is 8.42 Å². The predicted octanol–water partition coefficient (Wildman–Crippen LogP) is 1.75. The Balaban J connectivity index is 1.40. The Hall–Kier alpha value is -1.83. The molecule has 0 aromatic carbocycles. The highest BCUT2D eigenvalue weighted by Crippen LogP contribution is 2.25. The first kappa shape index (κ1) is 18.9. The zero-order valence-corrected chi connectivity index (χ0v) is 15.7. The van der Waals surface area contributed by atoms with Crippen LogP contribution in [0.5, 0.6) is 0 Å². The zero-order valence-electron chi connectivity index (χ0n) is 14.9. The van der Waals surface area contributed by atoms with E-state index in [9.17, 15) is 18.0 Å². The molecule has 1 aromatic rings. The minimum atomic E-state index is -3.17. The summed E-state index contributed by atoms with van der Waals surface area (Å²) in [6.45, 7) is 1.09. The summed E-state index contributed by atoms with van der Waals surface area (Å²) in [6, 6.07) is 3.30. The third kappa shape index (κ3) is 4.66. The van der Waals surface area contributed by atoms with Crippen molar-refractivity contribution in [1.82, 2.24) is 10.2 Å². The van der Waals surface area contributed by atoms with Crippen LogP contribution >= 0.6 is 0 Å². The normalized spacial score (nSPS) is 19.6. The van der Waals surface area contributed by atoms with E-state index in [4.69, 9.17) is 4.42 Å². The van der Waals surface area contributed by atoms with Crippen molar-refractivity contribution in [1.29, 1.82) is 0 Å². The molecule has 1 aromatic heterocycles. The fourth-order valence-electron chi connectivity index (χ4n) is 3.73. The number of carbonyl (C=O) groups excluding carboxylic acids is 2. The highest BCUT2D eigenvalue weighted by atomic mass is 32.2. The van der Waals surface area contributed by atoms with Crippen molar-refractivity contribution in [3.05, 3.63) is 24.2 Å². The standard InChI is InChI=1S/C18H26N2O5S/c21-17(9-13-26(23,24)15-4-1-2-5-15)19-14-7-10-20(11-8-14)18(22)16-6-3-12-25-16/h3,6,12,14-15H,1-2,4-5,7-11,13H2,(H,19,21). The van der Waals surface area contributed by atoms with Crippen LogP contribution in [0.25, 0.3) is 0 Å². The van der Waals surface area contributed by atoms with Crippen molar-refractivity contribution in [2.45, 2.75) is 56.2 Å². The number of nitrogens with one attached hydrogen (secondary N) is 1. The van der Waals surface area contributed by atoms with E-state index in [1.807, 2.05) is 0 Å². The van der Waals surface area contributed by atoms with Crippen molar-refractivity contribution < 1.29 is 22.4 Å². The van der Waals surface area contributed by atoms with Gasteiger partial charge in [0.2, 0.25) is 5.91 Å². The maximum absolute atomic E-state index is 12.2. The lowest BCUT2D eigenvalue weighted by molar-refractivity contribution is -0.121. The maximum atomic E-state index is 12.2. The molecule has 3 rings (SSSR count). The molecule has 0 bridgehead atoms. The molecule has 0 unspecified atom stereocenters. The van der Waals surface area contributed by atoms with Gasteiger partial charge >= 0.3 is 0 Å². The number of piperidine rings is 1. The van der Waals surface area contributed by atoms with Crippen LogP contribution in [0.2, 0.25) is 0 Å². The summed E-state index contributed by atoms with van der Waals surface area (Å²) in [7, 11) is -3.17. The summed E-state index contributed by atoms with van der Waals surface area (Å²) < 4.78 is 29.6. The number of carbonyl (C=O) groups is 2. The molecular formula is C18H26N2O5S. The van der Waals surface area contributed by atoms with Gasteiger partial charge in [-0.1, -0.05) is 12.8 Å². The van der Waals surface area contributed by atoms with E-state index in [0.717, 1.165) is 25.7 Å². The molecule has 26 heavy (non-hydrogen) atoms. The van der Waals surface area contributed by atoms with Crippen molar-refractivity contribution in [2.24, 2.45) is 0 Å². The molecule has 1 saturated carbocycles. The highest BCUT2D eigenvalue weighted by Gasteiger charge is 2.30. The molecule has 1 N–H and O–H groups in total. The number of furan rings is 1. The molecule has 0 spiro atoms. The molecule has 2 amide bonds. The number of sulfone groups is 1. The van der Waals surface area contributed by atoms with Crippen LogP contribution in [-0.2, 0) is 14.6 Å². The first-order valence-corrected chi connectivity index (χ1v) is 11.0. The molecule has 1 saturated heterocycles. The van der Waals surface area contributed by atoms with Crippen molar-refractivity contribution in [2.75, 3.05) is 18.8 Å². The predicted molar refractivity (Wildman–Crippen MR) is 96.4 cm³/mol. The highest BCUT2D eigenvalue weighted by molar-refractivity contribution is 7.92. The summed E-state index contributed by atoms with van der Waals surface area (Å²) in [5, 5.41) is 2.65. The third-order valence-electron chi connectivity index (χ3n) is 5.30. The first-order chi connectivity index (χ1) is 12.5. The summed E-state index contributed by atoms with van der Waals surface area (Å²) in [4.78, 5) is 26.0. The molecule has 8 heteroatoms. The van der Waals surface area contributed by atoms with Crippen molar-refractivity contribution in [3.8, 4) is 0 Å². The van der Waals surface area contributed by atoms with E-state index >= 15 is 0 Å². The summed E-state index contributed by atoms with van der Waals surface area (Å²) in [5.41, 5.74) is 0. The van der Waals surface area contributed by atoms with Gasteiger partial charge in [0.25, 0.3) is 5.91 Å². The molecule has 1 aliphatic carbocycles. The van der Waals surface area contributed by atoms with E-state index in [2.05, 4.69) is 5.32 Å². The molecule has 7 nitrogen and oxygen atoms in total. The SMILES string of the molecule is O=C(CCS(=O)(=O)C1CCCC1)NC1CCN(C(=O)c2ccco2)CC1. The smallest absolute Gasteiger partial charge is 0.289 e. The first-order valence-electron chi connectivity index (χ1n) is 9.29. The van der Waals surface area contributed by atoms with Crippen LogP contribution < -0.4 is 5.32 Å². The molecule has 0 atom stereocenters. The molecule has 144 valence electrons. The Kier molecular flexibility index (Phi) is 6.01. The lowest BCUT2D eigenvalue weighted by Crippen LogP contribution is -2.46. The fourth-order valence-corrected chi connectivity index (χ4v) is 5.59. The quantitative estimate of drug-likeness (QED) is 0.808. The van der Waals surface area contributed by atoms with Crippen LogP contribution in [0.4, 0.5) is 0 Å². The Morgan fingerprint density at radius 3 is 2.46 bits per heavy atom. The minimum absolute atomic E-state index is 0.0164. The van der Waals surface area contributed by atoms with Gasteiger partial charge in [0, 0.05) is 25.6 Å². The number of likely N-dealkylation sites (tertiary alicyclic amines) is 1. The summed E-state index contributed by atoms with van der Waals surface area (Å²) >= 11 is 0. The third-order valence-corrected chi connectivity index (χ3v) is 7.56. The molecule has 2 aliphatic rings. The van der Waals surface area contributed by atoms with Gasteiger partial charge in [0.15, 0.2) is 15.6 Å². The van der Waals surface area contributed by atoms with Gasteiger partial charge < -0.3 is 14.6 Å². The van der Waals surface area contributed by atoms with Crippen LogP contribution in [0.15, 0.2) is 22.8 Å². The molecule has 2 heterocycles. The van der Waals surface area contributed by atoms with Crippen LogP contribution in [0, 0.1) is 0 Å². The van der Waals surface area contributed by atoms with Crippen LogP contribution in [0.1, 0.15) is 55.5 Å². The Labute approximate surface area is 154 Å². The van der Waals surface area contributed by atoms with E-state index < -0.39 is 9.84 Å². The van der Waals surface area contributed by atoms with Crippen LogP contribution in [0.3, 0.4) is 0 Å². The molecular weight excluding hydrogens is 356 g/mol. The topological polar surface area (TPSA) is 96.7 Å². The second-order valence-corrected chi connectivity index (χ2v) is 9.54. The number of hydrogen-bond donors (Lipinski definition) is 1. The number of hydrogen-bond acceptors (Lipinski definition) is 5. The number of amides is 2. The lowest BCUT2D eigenvalue weighted by Gasteiger charge is -2.31. The van der Waals surface area contributed by atoms with Gasteiger partial charge in [0.1, 0.15) is 0 Å². The Bertz CT molecular complexity index is 715. The average Bonchev–Trinajstić information content (AvgIpc) is 3.34. The van der Waals surface area contributed by atoms with E-state index in [1.165, 1.54) is 6.26 Å². The van der Waals surface area contributed by atoms with E-state index in [-0.39, 0.29) is 35.3 Å². The van der Waals surface area contributed by atoms with Crippen LogP contribution in [-0.4, -0.2) is 55.3 Å². The minimum Gasteiger partial charge on any atom is -0.459 e. The van der Waals surface area contributed by atoms with Crippen molar-refractivity contribution in [3.63, 3.8) is 0 Å². The second kappa shape index (κ2) is 8.24. The van der Waals surface area contributed by atoms with Gasteiger partial charge in [-0.15, -0.1) is 0 Å². The van der Waals surface area contributed by atoms with Crippen molar-refractivity contribution >= 4 is 21.7 Å². The van der Waals surface area contributed by atoms with E-state index in [1.54, 1.807) is 17.0 Å². The van der Waals surface area contributed by atoms with E-state index in [0.29, 0.717) is 31.7 Å². The Morgan fingerprint density at radius 2 is 1.85 bits per heavy atom. The zero-order chi connectivity index (χ0) is 18.6. The average molecular weight is 382 g/mol. The monoisotopic (exact) mass is 382 g/mol. The maximum Gasteiger partial charge on any atom is 0.289 e. The van der Waals surface area contributed by atoms with Gasteiger partial charge in [-0.3, -0.25) is 9.59 Å². The van der Waals surface area contributed by atoms with Gasteiger partial charge in [-0.05, 0) is 37.8 Å². The Morgan fingerprint density at radius 1 is 1.15 bits per heavy atom. The molecule has 1 aliphatic heterocycles. The lowest BCUT2D eigenvalue weighted by atomic mass is 10.0. The van der Waals surface area contributed by atoms with Gasteiger partial charge in [0.05, 0.1) is 17.3 Å². The summed E-state index contributed by atoms with van der Waals surface area (Å²) in [5.74, 6) is -0.103. The molecule has 0 radical (unpaired) electrons. The fraction of sp³-hybridized carbons (Fsp3) is 0.667. The number of rotatable bonds is 6. The van der Waals surface area contributed by atoms with Gasteiger partial charge in [-0.2, -0.15) is 0 Å². The largest absolute Gasteiger partial charge is 0.459 e. The second-order valence-electron chi connectivity index (χ2n) is 7.13. The summed E-state index contributed by atoms with van der Waals surface area (Å²) in [6.07, 6.45) is 6.19. The number of nitrogens with zero attached hydrogens (tertiary/aromatic N) is 1.